The van der Waals surface area contributed by atoms with Gasteiger partial charge in [-0.1, -0.05) is 17.3 Å². The van der Waals surface area contributed by atoms with Crippen LogP contribution in [0.2, 0.25) is 0 Å². The van der Waals surface area contributed by atoms with Gasteiger partial charge in [0.2, 0.25) is 0 Å². The van der Waals surface area contributed by atoms with Gasteiger partial charge >= 0.3 is 0 Å². The van der Waals surface area contributed by atoms with Gasteiger partial charge in [0.25, 0.3) is 0 Å². The van der Waals surface area contributed by atoms with Crippen molar-refractivity contribution in [2.45, 2.75) is 32.1 Å². The molecule has 0 aromatic heterocycles. The maximum atomic E-state index is 9.54. The Morgan fingerprint density at radius 3 is 2.83 bits per heavy atom. The van der Waals surface area contributed by atoms with E-state index >= 15 is 0 Å². The van der Waals surface area contributed by atoms with Crippen molar-refractivity contribution in [1.82, 2.24) is 0 Å². The molecule has 2 saturated carbocycles. The van der Waals surface area contributed by atoms with Crippen molar-refractivity contribution in [3.8, 4) is 5.75 Å². The molecule has 0 bridgehead atoms. The third-order valence-corrected chi connectivity index (χ3v) is 4.54. The zero-order chi connectivity index (χ0) is 12.8. The van der Waals surface area contributed by atoms with Crippen LogP contribution in [0.4, 0.5) is 0 Å². The van der Waals surface area contributed by atoms with Crippen molar-refractivity contribution in [3.63, 3.8) is 0 Å². The van der Waals surface area contributed by atoms with Crippen LogP contribution in [0.1, 0.15) is 37.7 Å². The molecule has 2 aliphatic carbocycles. The second-order valence-electron chi connectivity index (χ2n) is 5.56. The molecular formula is C15H19NO2. The Bertz CT molecular complexity index is 491. The number of oxime groups is 1. The van der Waals surface area contributed by atoms with Crippen molar-refractivity contribution >= 4 is 5.71 Å². The van der Waals surface area contributed by atoms with Crippen molar-refractivity contribution in [1.29, 1.82) is 0 Å². The molecular weight excluding hydrogens is 226 g/mol. The first kappa shape index (κ1) is 11.6. The molecule has 3 nitrogen and oxygen atoms in total. The third-order valence-electron chi connectivity index (χ3n) is 4.54. The van der Waals surface area contributed by atoms with Crippen molar-refractivity contribution in [2.24, 2.45) is 16.5 Å². The average molecular weight is 245 g/mol. The van der Waals surface area contributed by atoms with Crippen molar-refractivity contribution in [2.75, 3.05) is 7.11 Å². The molecule has 0 saturated heterocycles. The summed E-state index contributed by atoms with van der Waals surface area (Å²) in [4.78, 5) is 4.92. The molecule has 1 aromatic rings. The van der Waals surface area contributed by atoms with Crippen LogP contribution in [-0.4, -0.2) is 17.9 Å². The monoisotopic (exact) mass is 245 g/mol. The fraction of sp³-hybridized carbons (Fsp3) is 0.533. The molecule has 0 spiro atoms. The number of rotatable bonds is 4. The van der Waals surface area contributed by atoms with Crippen LogP contribution >= 0.6 is 0 Å². The molecule has 0 aliphatic heterocycles. The molecule has 1 N–H and O–H groups in total. The van der Waals surface area contributed by atoms with Crippen LogP contribution in [-0.2, 0) is 4.84 Å². The number of benzene rings is 1. The second-order valence-corrected chi connectivity index (χ2v) is 5.56. The van der Waals surface area contributed by atoms with Crippen LogP contribution in [0.25, 0.3) is 0 Å². The average Bonchev–Trinajstić information content (AvgIpc) is 3.22. The lowest BCUT2D eigenvalue weighted by atomic mass is 9.92. The lowest BCUT2D eigenvalue weighted by Crippen LogP contribution is -2.16. The molecule has 3 rings (SSSR count). The van der Waals surface area contributed by atoms with Gasteiger partial charge in [0, 0.05) is 5.41 Å². The van der Waals surface area contributed by atoms with E-state index in [4.69, 9.17) is 4.84 Å². The van der Waals surface area contributed by atoms with E-state index in [9.17, 15) is 5.11 Å². The minimum absolute atomic E-state index is 0.284. The van der Waals surface area contributed by atoms with E-state index in [0.29, 0.717) is 17.6 Å². The number of nitrogens with zero attached hydrogens (tertiary/aromatic N) is 1. The number of aromatic hydroxyl groups is 1. The highest BCUT2D eigenvalue weighted by molar-refractivity contribution is 5.91. The van der Waals surface area contributed by atoms with Gasteiger partial charge in [-0.05, 0) is 55.7 Å². The highest BCUT2D eigenvalue weighted by Gasteiger charge is 2.61. The largest absolute Gasteiger partial charge is 0.508 e. The van der Waals surface area contributed by atoms with Gasteiger partial charge in [-0.15, -0.1) is 0 Å². The summed E-state index contributed by atoms with van der Waals surface area (Å²) in [5, 5.41) is 13.7. The Morgan fingerprint density at radius 2 is 2.22 bits per heavy atom. The summed E-state index contributed by atoms with van der Waals surface area (Å²) >= 11 is 0. The summed E-state index contributed by atoms with van der Waals surface area (Å²) in [7, 11) is 1.61. The molecule has 1 aromatic carbocycles. The predicted octanol–water partition coefficient (Wildman–Crippen LogP) is 3.30. The van der Waals surface area contributed by atoms with E-state index in [1.165, 1.54) is 24.8 Å². The standard InChI is InChI=1S/C15H19NO2/c1-10(16-18-2)15(6-7-15)14-9-13(14)11-4-3-5-12(17)8-11/h3-5,8,13-14,17H,6-7,9H2,1-2H3. The first-order valence-electron chi connectivity index (χ1n) is 6.54. The van der Waals surface area contributed by atoms with E-state index in [2.05, 4.69) is 18.1 Å². The van der Waals surface area contributed by atoms with Crippen LogP contribution < -0.4 is 0 Å². The predicted molar refractivity (Wildman–Crippen MR) is 70.7 cm³/mol. The van der Waals surface area contributed by atoms with Crippen LogP contribution in [0.15, 0.2) is 29.4 Å². The molecule has 2 aliphatic rings. The van der Waals surface area contributed by atoms with Crippen LogP contribution in [0.3, 0.4) is 0 Å². The summed E-state index contributed by atoms with van der Waals surface area (Å²) in [6.07, 6.45) is 3.66. The Hall–Kier alpha value is -1.51. The number of hydrogen-bond acceptors (Lipinski definition) is 3. The molecule has 0 amide bonds. The maximum Gasteiger partial charge on any atom is 0.115 e. The van der Waals surface area contributed by atoms with E-state index < -0.39 is 0 Å². The Balaban J connectivity index is 1.77. The van der Waals surface area contributed by atoms with Crippen molar-refractivity contribution in [3.05, 3.63) is 29.8 Å². The number of phenolic OH excluding ortho intramolecular Hbond substituents is 1. The molecule has 18 heavy (non-hydrogen) atoms. The SMILES string of the molecule is CON=C(C)C1(C2CC2c2cccc(O)c2)CC1. The highest BCUT2D eigenvalue weighted by Crippen LogP contribution is 2.68. The zero-order valence-corrected chi connectivity index (χ0v) is 10.9. The molecule has 96 valence electrons. The van der Waals surface area contributed by atoms with Gasteiger partial charge in [0.05, 0.1) is 5.71 Å². The smallest absolute Gasteiger partial charge is 0.115 e. The van der Waals surface area contributed by atoms with E-state index in [1.54, 1.807) is 13.2 Å². The van der Waals surface area contributed by atoms with Crippen molar-refractivity contribution < 1.29 is 9.94 Å². The van der Waals surface area contributed by atoms with Gasteiger partial charge in [0.15, 0.2) is 0 Å². The summed E-state index contributed by atoms with van der Waals surface area (Å²) in [6, 6.07) is 7.66. The van der Waals surface area contributed by atoms with E-state index in [0.717, 1.165) is 5.71 Å². The minimum Gasteiger partial charge on any atom is -0.508 e. The van der Waals surface area contributed by atoms with Gasteiger partial charge < -0.3 is 9.94 Å². The molecule has 3 heteroatoms. The first-order valence-corrected chi connectivity index (χ1v) is 6.54. The number of hydrogen-bond donors (Lipinski definition) is 1. The van der Waals surface area contributed by atoms with Gasteiger partial charge in [-0.25, -0.2) is 0 Å². The Kier molecular flexibility index (Phi) is 2.58. The summed E-state index contributed by atoms with van der Waals surface area (Å²) in [5.41, 5.74) is 2.68. The molecule has 0 radical (unpaired) electrons. The zero-order valence-electron chi connectivity index (χ0n) is 10.9. The molecule has 0 heterocycles. The number of phenols is 1. The Morgan fingerprint density at radius 1 is 1.44 bits per heavy atom. The quantitative estimate of drug-likeness (QED) is 0.653. The van der Waals surface area contributed by atoms with Gasteiger partial charge in [-0.2, -0.15) is 0 Å². The second kappa shape index (κ2) is 4.01. The fourth-order valence-corrected chi connectivity index (χ4v) is 3.29. The molecule has 2 fully saturated rings. The fourth-order valence-electron chi connectivity index (χ4n) is 3.29. The van der Waals surface area contributed by atoms with Crippen LogP contribution in [0, 0.1) is 11.3 Å². The van der Waals surface area contributed by atoms with Crippen LogP contribution in [0.5, 0.6) is 5.75 Å². The highest BCUT2D eigenvalue weighted by atomic mass is 16.6. The Labute approximate surface area is 107 Å². The first-order chi connectivity index (χ1) is 8.67. The summed E-state index contributed by atoms with van der Waals surface area (Å²) in [6.45, 7) is 2.08. The maximum absolute atomic E-state index is 9.54. The van der Waals surface area contributed by atoms with E-state index in [-0.39, 0.29) is 5.41 Å². The lowest BCUT2D eigenvalue weighted by molar-refractivity contribution is 0.209. The third kappa shape index (κ3) is 1.78. The van der Waals surface area contributed by atoms with Gasteiger partial charge in [-0.3, -0.25) is 0 Å². The lowest BCUT2D eigenvalue weighted by Gasteiger charge is -2.14. The summed E-state index contributed by atoms with van der Waals surface area (Å²) < 4.78 is 0. The topological polar surface area (TPSA) is 41.8 Å². The molecule has 2 atom stereocenters. The van der Waals surface area contributed by atoms with Gasteiger partial charge in [0.1, 0.15) is 12.9 Å². The normalized spacial score (nSPS) is 28.9. The minimum atomic E-state index is 0.284. The molecule has 2 unspecified atom stereocenters. The summed E-state index contributed by atoms with van der Waals surface area (Å²) in [5.74, 6) is 1.63. The van der Waals surface area contributed by atoms with E-state index in [1.807, 2.05) is 12.1 Å².